The molecule has 0 aliphatic heterocycles. The summed E-state index contributed by atoms with van der Waals surface area (Å²) >= 11 is 0. The average Bonchev–Trinajstić information content (AvgIpc) is 2.14. The van der Waals surface area contributed by atoms with Gasteiger partial charge >= 0.3 is 0 Å². The second-order valence-corrected chi connectivity index (χ2v) is 1.55. The molecule has 0 saturated heterocycles. The van der Waals surface area contributed by atoms with Gasteiger partial charge in [-0.3, -0.25) is 5.10 Å². The van der Waals surface area contributed by atoms with Crippen LogP contribution in [0.3, 0.4) is 0 Å². The van der Waals surface area contributed by atoms with Crippen LogP contribution in [0, 0.1) is 6.92 Å². The fraction of sp³-hybridized carbons (Fsp3) is 0.200. The third-order valence-corrected chi connectivity index (χ3v) is 0.863. The lowest BCUT2D eigenvalue weighted by molar-refractivity contribution is 1.04. The van der Waals surface area contributed by atoms with E-state index < -0.39 is 0 Å². The summed E-state index contributed by atoms with van der Waals surface area (Å²) in [5, 5.41) is 6.50. The molecule has 0 aromatic carbocycles. The Morgan fingerprint density at radius 2 is 2.62 bits per heavy atom. The van der Waals surface area contributed by atoms with Crippen LogP contribution in [0.15, 0.2) is 11.1 Å². The first-order valence-electron chi connectivity index (χ1n) is 2.31. The molecule has 0 amide bonds. The molecule has 3 heteroatoms. The zero-order valence-electron chi connectivity index (χ0n) is 4.68. The van der Waals surface area contributed by atoms with Gasteiger partial charge in [-0.25, -0.2) is 4.99 Å². The summed E-state index contributed by atoms with van der Waals surface area (Å²) < 4.78 is 0. The summed E-state index contributed by atoms with van der Waals surface area (Å²) in [4.78, 5) is 3.62. The van der Waals surface area contributed by atoms with Crippen LogP contribution in [0.5, 0.6) is 0 Å². The number of hydrogen-bond donors (Lipinski definition) is 1. The molecule has 1 heterocycles. The van der Waals surface area contributed by atoms with E-state index in [0.29, 0.717) is 0 Å². The van der Waals surface area contributed by atoms with E-state index >= 15 is 0 Å². The molecule has 0 aliphatic rings. The first-order valence-corrected chi connectivity index (χ1v) is 2.31. The zero-order chi connectivity index (χ0) is 5.98. The highest BCUT2D eigenvalue weighted by atomic mass is 15.2. The van der Waals surface area contributed by atoms with Crippen molar-refractivity contribution in [1.82, 2.24) is 10.2 Å². The third-order valence-electron chi connectivity index (χ3n) is 0.863. The van der Waals surface area contributed by atoms with Crippen LogP contribution >= 0.6 is 0 Å². The molecule has 1 N–H and O–H groups in total. The lowest BCUT2D eigenvalue weighted by Gasteiger charge is -1.73. The number of aromatic amines is 1. The maximum atomic E-state index is 3.83. The van der Waals surface area contributed by atoms with Gasteiger partial charge in [0.05, 0.1) is 5.69 Å². The Hall–Kier alpha value is -1.12. The van der Waals surface area contributed by atoms with Crippen LogP contribution < -0.4 is 0 Å². The molecule has 0 atom stereocenters. The van der Waals surface area contributed by atoms with Gasteiger partial charge in [-0.1, -0.05) is 0 Å². The highest BCUT2D eigenvalue weighted by molar-refractivity contribution is 5.39. The molecule has 0 aliphatic carbocycles. The van der Waals surface area contributed by atoms with Crippen molar-refractivity contribution in [2.75, 3.05) is 0 Å². The van der Waals surface area contributed by atoms with Crippen molar-refractivity contribution in [2.24, 2.45) is 4.99 Å². The van der Waals surface area contributed by atoms with E-state index in [1.165, 1.54) is 0 Å². The normalized spacial score (nSPS) is 9.12. The van der Waals surface area contributed by atoms with E-state index in [-0.39, 0.29) is 0 Å². The molecule has 0 saturated carbocycles. The molecule has 8 heavy (non-hydrogen) atoms. The Bertz CT molecular complexity index is 189. The zero-order valence-corrected chi connectivity index (χ0v) is 4.68. The quantitative estimate of drug-likeness (QED) is 0.538. The summed E-state index contributed by atoms with van der Waals surface area (Å²) in [7, 11) is 0. The Balaban J connectivity index is 3.00. The predicted octanol–water partition coefficient (Wildman–Crippen LogP) is 1.05. The van der Waals surface area contributed by atoms with Gasteiger partial charge in [0.1, 0.15) is 5.82 Å². The fourth-order valence-corrected chi connectivity index (χ4v) is 0.489. The minimum atomic E-state index is 0.725. The van der Waals surface area contributed by atoms with Crippen LogP contribution in [0.2, 0.25) is 0 Å². The third kappa shape index (κ3) is 0.753. The first kappa shape index (κ1) is 5.03. The summed E-state index contributed by atoms with van der Waals surface area (Å²) in [6.45, 7) is 5.22. The highest BCUT2D eigenvalue weighted by Gasteiger charge is 1.88. The lowest BCUT2D eigenvalue weighted by Crippen LogP contribution is -1.66. The Morgan fingerprint density at radius 1 is 1.88 bits per heavy atom. The topological polar surface area (TPSA) is 41.0 Å². The fourth-order valence-electron chi connectivity index (χ4n) is 0.489. The van der Waals surface area contributed by atoms with E-state index in [4.69, 9.17) is 0 Å². The van der Waals surface area contributed by atoms with Gasteiger partial charge in [-0.05, 0) is 13.6 Å². The molecule has 42 valence electrons. The standard InChI is InChI=1S/C5H7N3/c1-4-3-5(6-2)8-7-4/h3H,2H2,1H3,(H,7,8). The van der Waals surface area contributed by atoms with E-state index in [1.54, 1.807) is 0 Å². The molecule has 1 aromatic rings. The van der Waals surface area contributed by atoms with Crippen LogP contribution in [0.25, 0.3) is 0 Å². The number of nitrogens with one attached hydrogen (secondary N) is 1. The number of H-pyrrole nitrogens is 1. The SMILES string of the molecule is C=Nc1cc(C)n[nH]1. The number of nitrogens with zero attached hydrogens (tertiary/aromatic N) is 2. The van der Waals surface area contributed by atoms with Crippen molar-refractivity contribution in [3.8, 4) is 0 Å². The maximum Gasteiger partial charge on any atom is 0.147 e. The van der Waals surface area contributed by atoms with Crippen molar-refractivity contribution < 1.29 is 0 Å². The van der Waals surface area contributed by atoms with Crippen LogP contribution in [0.4, 0.5) is 5.82 Å². The predicted molar refractivity (Wildman–Crippen MR) is 32.5 cm³/mol. The highest BCUT2D eigenvalue weighted by Crippen LogP contribution is 2.05. The van der Waals surface area contributed by atoms with Crippen molar-refractivity contribution in [3.05, 3.63) is 11.8 Å². The molecule has 0 spiro atoms. The van der Waals surface area contributed by atoms with Crippen molar-refractivity contribution in [2.45, 2.75) is 6.92 Å². The molecule has 3 nitrogen and oxygen atoms in total. The van der Waals surface area contributed by atoms with Crippen molar-refractivity contribution >= 4 is 12.5 Å². The maximum absolute atomic E-state index is 3.83. The van der Waals surface area contributed by atoms with E-state index in [0.717, 1.165) is 11.5 Å². The van der Waals surface area contributed by atoms with Gasteiger partial charge in [0.15, 0.2) is 0 Å². The summed E-state index contributed by atoms with van der Waals surface area (Å²) in [5.74, 6) is 0.725. The van der Waals surface area contributed by atoms with Crippen LogP contribution in [-0.2, 0) is 0 Å². The van der Waals surface area contributed by atoms with Gasteiger partial charge in [0.2, 0.25) is 0 Å². The number of aryl methyl sites for hydroxylation is 1. The van der Waals surface area contributed by atoms with E-state index in [9.17, 15) is 0 Å². The van der Waals surface area contributed by atoms with Gasteiger partial charge in [0.25, 0.3) is 0 Å². The Morgan fingerprint density at radius 3 is 2.88 bits per heavy atom. The monoisotopic (exact) mass is 109 g/mol. The summed E-state index contributed by atoms with van der Waals surface area (Å²) in [6.07, 6.45) is 0. The number of aliphatic imine (C=N–C) groups is 1. The number of hydrogen-bond acceptors (Lipinski definition) is 2. The molecule has 1 rings (SSSR count). The molecular formula is C5H7N3. The van der Waals surface area contributed by atoms with Crippen LogP contribution in [-0.4, -0.2) is 16.9 Å². The number of rotatable bonds is 1. The Labute approximate surface area is 47.5 Å². The smallest absolute Gasteiger partial charge is 0.147 e. The minimum absolute atomic E-state index is 0.725. The molecule has 0 bridgehead atoms. The van der Waals surface area contributed by atoms with Crippen molar-refractivity contribution in [3.63, 3.8) is 0 Å². The van der Waals surface area contributed by atoms with Crippen LogP contribution in [0.1, 0.15) is 5.69 Å². The summed E-state index contributed by atoms with van der Waals surface area (Å²) in [5.41, 5.74) is 0.937. The summed E-state index contributed by atoms with van der Waals surface area (Å²) in [6, 6.07) is 1.83. The molecule has 0 unspecified atom stereocenters. The molecule has 1 aromatic heterocycles. The second kappa shape index (κ2) is 1.78. The van der Waals surface area contributed by atoms with Gasteiger partial charge < -0.3 is 0 Å². The molecule has 0 fully saturated rings. The molecular weight excluding hydrogens is 102 g/mol. The van der Waals surface area contributed by atoms with Gasteiger partial charge in [-0.2, -0.15) is 5.10 Å². The van der Waals surface area contributed by atoms with E-state index in [1.807, 2.05) is 13.0 Å². The lowest BCUT2D eigenvalue weighted by atomic mass is 10.5. The minimum Gasteiger partial charge on any atom is -0.261 e. The van der Waals surface area contributed by atoms with Crippen molar-refractivity contribution in [1.29, 1.82) is 0 Å². The largest absolute Gasteiger partial charge is 0.261 e. The second-order valence-electron chi connectivity index (χ2n) is 1.55. The Kier molecular flexibility index (Phi) is 1.12. The van der Waals surface area contributed by atoms with Gasteiger partial charge in [-0.15, -0.1) is 0 Å². The number of aromatic nitrogens is 2. The van der Waals surface area contributed by atoms with Gasteiger partial charge in [0, 0.05) is 6.07 Å². The first-order chi connectivity index (χ1) is 3.83. The molecule has 0 radical (unpaired) electrons. The average molecular weight is 109 g/mol. The van der Waals surface area contributed by atoms with E-state index in [2.05, 4.69) is 21.9 Å².